The summed E-state index contributed by atoms with van der Waals surface area (Å²) in [6.07, 6.45) is 11.6. The predicted molar refractivity (Wildman–Crippen MR) is 118 cm³/mol. The van der Waals surface area contributed by atoms with Crippen LogP contribution in [0.25, 0.3) is 22.3 Å². The van der Waals surface area contributed by atoms with Gasteiger partial charge in [0.15, 0.2) is 0 Å². The Labute approximate surface area is 183 Å². The van der Waals surface area contributed by atoms with E-state index in [1.165, 1.54) is 6.33 Å². The molecule has 1 fully saturated rings. The summed E-state index contributed by atoms with van der Waals surface area (Å²) >= 11 is 0. The van der Waals surface area contributed by atoms with Crippen molar-refractivity contribution in [2.75, 3.05) is 19.8 Å². The minimum Gasteiger partial charge on any atom is -0.409 e. The quantitative estimate of drug-likeness (QED) is 0.681. The summed E-state index contributed by atoms with van der Waals surface area (Å²) < 4.78 is 21.9. The highest BCUT2D eigenvalue weighted by atomic mass is 19.1. The van der Waals surface area contributed by atoms with E-state index >= 15 is 0 Å². The average molecular weight is 434 g/mol. The fraction of sp³-hybridized carbons (Fsp3) is 0.409. The minimum absolute atomic E-state index is 0.0576. The van der Waals surface area contributed by atoms with Gasteiger partial charge in [-0.05, 0) is 12.5 Å². The van der Waals surface area contributed by atoms with Crippen LogP contribution in [0.2, 0.25) is 0 Å². The van der Waals surface area contributed by atoms with Crippen LogP contribution in [-0.2, 0) is 4.74 Å². The normalized spacial score (nSPS) is 25.6. The Morgan fingerprint density at radius 3 is 3.16 bits per heavy atom. The third-order valence-electron chi connectivity index (χ3n) is 6.55. The number of H-pyrrole nitrogens is 1. The molecule has 0 aliphatic carbocycles. The molecule has 9 nitrogen and oxygen atoms in total. The summed E-state index contributed by atoms with van der Waals surface area (Å²) in [4.78, 5) is 22.9. The van der Waals surface area contributed by atoms with Gasteiger partial charge in [-0.15, -0.1) is 0 Å². The Hall–Kier alpha value is -3.56. The number of hydrogen-bond donors (Lipinski definition) is 1. The Bertz CT molecular complexity index is 1240. The lowest BCUT2D eigenvalue weighted by Gasteiger charge is -2.22. The molecule has 0 spiro atoms. The van der Waals surface area contributed by atoms with Gasteiger partial charge in [0.25, 0.3) is 6.02 Å². The average Bonchev–Trinajstić information content (AvgIpc) is 3.59. The molecule has 6 rings (SSSR count). The first-order valence-corrected chi connectivity index (χ1v) is 10.8. The number of hydrogen-bond acceptors (Lipinski definition) is 7. The fourth-order valence-corrected chi connectivity index (χ4v) is 4.74. The second kappa shape index (κ2) is 7.54. The first kappa shape index (κ1) is 19.1. The maximum absolute atomic E-state index is 14.2. The molecule has 0 saturated carbocycles. The molecule has 3 aliphatic heterocycles. The van der Waals surface area contributed by atoms with Gasteiger partial charge in [0.05, 0.1) is 17.9 Å². The number of aromatic amines is 1. The van der Waals surface area contributed by atoms with E-state index in [1.54, 1.807) is 17.1 Å². The number of likely N-dealkylation sites (tertiary alicyclic amines) is 1. The van der Waals surface area contributed by atoms with Crippen LogP contribution in [0.4, 0.5) is 4.39 Å². The zero-order valence-electron chi connectivity index (χ0n) is 17.6. The van der Waals surface area contributed by atoms with Crippen molar-refractivity contribution >= 4 is 23.0 Å². The molecular weight excluding hydrogens is 411 g/mol. The lowest BCUT2D eigenvalue weighted by Crippen LogP contribution is -2.31. The van der Waals surface area contributed by atoms with Crippen molar-refractivity contribution in [1.82, 2.24) is 29.6 Å². The van der Waals surface area contributed by atoms with Crippen molar-refractivity contribution in [2.45, 2.75) is 25.4 Å². The number of alkyl halides is 1. The van der Waals surface area contributed by atoms with Crippen LogP contribution in [0.15, 0.2) is 53.2 Å². The van der Waals surface area contributed by atoms with Crippen molar-refractivity contribution < 1.29 is 9.13 Å². The Morgan fingerprint density at radius 1 is 1.34 bits per heavy atom. The van der Waals surface area contributed by atoms with Crippen LogP contribution in [0, 0.1) is 11.8 Å². The maximum atomic E-state index is 14.2. The van der Waals surface area contributed by atoms with E-state index in [1.807, 2.05) is 24.5 Å². The number of aliphatic imine (C=N–C) groups is 2. The van der Waals surface area contributed by atoms with Gasteiger partial charge in [0.2, 0.25) is 5.90 Å². The van der Waals surface area contributed by atoms with E-state index in [0.717, 1.165) is 35.3 Å². The Balaban J connectivity index is 1.20. The molecule has 32 heavy (non-hydrogen) atoms. The van der Waals surface area contributed by atoms with Crippen LogP contribution in [0.1, 0.15) is 19.4 Å². The molecule has 0 radical (unpaired) electrons. The number of amidine groups is 1. The lowest BCUT2D eigenvalue weighted by atomic mass is 10.0. The summed E-state index contributed by atoms with van der Waals surface area (Å²) in [6.45, 7) is 3.05. The van der Waals surface area contributed by atoms with E-state index in [2.05, 4.69) is 36.9 Å². The van der Waals surface area contributed by atoms with Gasteiger partial charge in [0, 0.05) is 54.5 Å². The lowest BCUT2D eigenvalue weighted by molar-refractivity contribution is 0.245. The number of nitrogens with one attached hydrogen (secondary N) is 1. The van der Waals surface area contributed by atoms with Gasteiger partial charge in [-0.2, -0.15) is 5.10 Å². The summed E-state index contributed by atoms with van der Waals surface area (Å²) in [5, 5.41) is 5.41. The van der Waals surface area contributed by atoms with Crippen molar-refractivity contribution in [3.05, 3.63) is 43.3 Å². The van der Waals surface area contributed by atoms with E-state index < -0.39 is 6.67 Å². The molecule has 10 heteroatoms. The second-order valence-electron chi connectivity index (χ2n) is 8.51. The molecule has 0 aromatic carbocycles. The topological polar surface area (TPSA) is 96.6 Å². The number of aromatic nitrogens is 5. The summed E-state index contributed by atoms with van der Waals surface area (Å²) in [5.41, 5.74) is 2.40. The third kappa shape index (κ3) is 3.09. The SMILES string of the molecule is CC1C=CN=C2OC(N3CCC(C(CF)n4cc(-c5ncnc6[nH]ccc56)cn4)C3)=NC21. The van der Waals surface area contributed by atoms with E-state index in [9.17, 15) is 4.39 Å². The summed E-state index contributed by atoms with van der Waals surface area (Å²) in [7, 11) is 0. The maximum Gasteiger partial charge on any atom is 0.294 e. The monoisotopic (exact) mass is 434 g/mol. The summed E-state index contributed by atoms with van der Waals surface area (Å²) in [5.74, 6) is 1.00. The molecule has 164 valence electrons. The zero-order valence-corrected chi connectivity index (χ0v) is 17.6. The molecule has 0 amide bonds. The Kier molecular flexibility index (Phi) is 4.51. The molecule has 4 atom stereocenters. The van der Waals surface area contributed by atoms with Crippen LogP contribution >= 0.6 is 0 Å². The van der Waals surface area contributed by atoms with Crippen molar-refractivity contribution in [1.29, 1.82) is 0 Å². The number of fused-ring (bicyclic) bond motifs is 2. The van der Waals surface area contributed by atoms with Crippen LogP contribution < -0.4 is 0 Å². The van der Waals surface area contributed by atoms with E-state index in [4.69, 9.17) is 9.73 Å². The fourth-order valence-electron chi connectivity index (χ4n) is 4.74. The second-order valence-corrected chi connectivity index (χ2v) is 8.51. The van der Waals surface area contributed by atoms with Crippen LogP contribution in [0.3, 0.4) is 0 Å². The van der Waals surface area contributed by atoms with E-state index in [0.29, 0.717) is 18.5 Å². The molecule has 4 unspecified atom stereocenters. The largest absolute Gasteiger partial charge is 0.409 e. The van der Waals surface area contributed by atoms with Crippen LogP contribution in [-0.4, -0.2) is 67.4 Å². The van der Waals surface area contributed by atoms with Crippen molar-refractivity contribution in [3.8, 4) is 11.3 Å². The number of ether oxygens (including phenoxy) is 1. The molecule has 3 aromatic heterocycles. The number of halogens is 1. The van der Waals surface area contributed by atoms with Gasteiger partial charge < -0.3 is 14.6 Å². The smallest absolute Gasteiger partial charge is 0.294 e. The standard InChI is InChI=1S/C22H23FN8O/c1-13-2-5-25-21-18(13)29-22(32-21)30-7-4-14(10-30)17(8-23)31-11-15(9-28-31)19-16-3-6-24-20(16)27-12-26-19/h2-3,5-6,9,11-14,17-18H,4,7-8,10H2,1H3,(H,24,26,27). The number of nitrogens with zero attached hydrogens (tertiary/aromatic N) is 7. The first-order chi connectivity index (χ1) is 15.7. The molecular formula is C22H23FN8O. The highest BCUT2D eigenvalue weighted by molar-refractivity contribution is 6.00. The molecule has 3 aliphatic rings. The minimum atomic E-state index is -0.493. The van der Waals surface area contributed by atoms with Gasteiger partial charge in [-0.1, -0.05) is 13.0 Å². The molecule has 6 heterocycles. The van der Waals surface area contributed by atoms with Crippen molar-refractivity contribution in [3.63, 3.8) is 0 Å². The molecule has 1 saturated heterocycles. The highest BCUT2D eigenvalue weighted by Gasteiger charge is 2.39. The van der Waals surface area contributed by atoms with Gasteiger partial charge in [0.1, 0.15) is 24.7 Å². The van der Waals surface area contributed by atoms with Crippen LogP contribution in [0.5, 0.6) is 0 Å². The van der Waals surface area contributed by atoms with E-state index in [-0.39, 0.29) is 23.9 Å². The Morgan fingerprint density at radius 2 is 2.28 bits per heavy atom. The third-order valence-corrected chi connectivity index (χ3v) is 6.55. The molecule has 1 N–H and O–H groups in total. The molecule has 0 bridgehead atoms. The zero-order chi connectivity index (χ0) is 21.7. The number of rotatable bonds is 4. The highest BCUT2D eigenvalue weighted by Crippen LogP contribution is 2.32. The van der Waals surface area contributed by atoms with Gasteiger partial charge in [-0.25, -0.2) is 24.3 Å². The molecule has 3 aromatic rings. The predicted octanol–water partition coefficient (Wildman–Crippen LogP) is 2.97. The first-order valence-electron chi connectivity index (χ1n) is 10.8. The van der Waals surface area contributed by atoms with Crippen molar-refractivity contribution in [2.24, 2.45) is 21.8 Å². The van der Waals surface area contributed by atoms with Gasteiger partial charge >= 0.3 is 0 Å². The van der Waals surface area contributed by atoms with Gasteiger partial charge in [-0.3, -0.25) is 4.68 Å². The summed E-state index contributed by atoms with van der Waals surface area (Å²) in [6, 6.07) is 2.11.